The van der Waals surface area contributed by atoms with Crippen molar-refractivity contribution in [3.05, 3.63) is 76.6 Å². The number of hydrogen-bond donors (Lipinski definition) is 1. The van der Waals surface area contributed by atoms with Gasteiger partial charge >= 0.3 is 0 Å². The Morgan fingerprint density at radius 3 is 2.76 bits per heavy atom. The molecule has 0 radical (unpaired) electrons. The molecule has 3 heterocycles. The molecule has 2 aromatic carbocycles. The topological polar surface area (TPSA) is 83.2 Å². The summed E-state index contributed by atoms with van der Waals surface area (Å²) in [7, 11) is 0. The summed E-state index contributed by atoms with van der Waals surface area (Å²) in [6.07, 6.45) is 1.66. The minimum Gasteiger partial charge on any atom is -0.419 e. The smallest absolute Gasteiger partial charge is 0.247 e. The third-order valence-electron chi connectivity index (χ3n) is 4.50. The number of nitrogens with one attached hydrogen (secondary N) is 1. The minimum absolute atomic E-state index is 0.326. The van der Waals surface area contributed by atoms with Crippen LogP contribution in [0.3, 0.4) is 0 Å². The number of hydrazone groups is 1. The zero-order valence-corrected chi connectivity index (χ0v) is 15.8. The van der Waals surface area contributed by atoms with Crippen LogP contribution in [0.25, 0.3) is 22.8 Å². The SMILES string of the molecule is Fc1ccccc1-c1nc2c([nH]1)C=NN(Cc1nnc(-c3ccc(Cl)cc3)o1)C2. The lowest BCUT2D eigenvalue weighted by molar-refractivity contribution is 0.238. The van der Waals surface area contributed by atoms with Crippen LogP contribution in [-0.4, -0.2) is 31.4 Å². The summed E-state index contributed by atoms with van der Waals surface area (Å²) >= 11 is 5.91. The average molecular weight is 409 g/mol. The first-order valence-electron chi connectivity index (χ1n) is 8.87. The summed E-state index contributed by atoms with van der Waals surface area (Å²) in [4.78, 5) is 7.64. The Hall–Kier alpha value is -3.52. The van der Waals surface area contributed by atoms with Crippen molar-refractivity contribution >= 4 is 17.8 Å². The summed E-state index contributed by atoms with van der Waals surface area (Å²) < 4.78 is 19.8. The zero-order valence-electron chi connectivity index (χ0n) is 15.0. The number of fused-ring (bicyclic) bond motifs is 1. The molecule has 0 saturated carbocycles. The number of aromatic nitrogens is 4. The van der Waals surface area contributed by atoms with E-state index in [4.69, 9.17) is 16.0 Å². The van der Waals surface area contributed by atoms with E-state index in [-0.39, 0.29) is 5.82 Å². The van der Waals surface area contributed by atoms with Gasteiger partial charge in [-0.15, -0.1) is 10.2 Å². The molecule has 0 bridgehead atoms. The summed E-state index contributed by atoms with van der Waals surface area (Å²) in [6.45, 7) is 0.772. The van der Waals surface area contributed by atoms with Crippen LogP contribution >= 0.6 is 11.6 Å². The molecule has 1 N–H and O–H groups in total. The Kier molecular flexibility index (Phi) is 4.33. The van der Waals surface area contributed by atoms with E-state index in [1.54, 1.807) is 41.6 Å². The quantitative estimate of drug-likeness (QED) is 0.545. The third kappa shape index (κ3) is 3.50. The molecule has 144 valence electrons. The van der Waals surface area contributed by atoms with Gasteiger partial charge in [0.1, 0.15) is 18.2 Å². The van der Waals surface area contributed by atoms with Crippen molar-refractivity contribution in [3.63, 3.8) is 0 Å². The highest BCUT2D eigenvalue weighted by atomic mass is 35.5. The number of hydrogen-bond acceptors (Lipinski definition) is 6. The first-order valence-corrected chi connectivity index (χ1v) is 9.24. The molecule has 9 heteroatoms. The summed E-state index contributed by atoms with van der Waals surface area (Å²) in [6, 6.07) is 13.7. The van der Waals surface area contributed by atoms with E-state index in [9.17, 15) is 4.39 Å². The lowest BCUT2D eigenvalue weighted by Crippen LogP contribution is -2.21. The Bertz CT molecular complexity index is 1200. The molecule has 7 nitrogen and oxygen atoms in total. The zero-order chi connectivity index (χ0) is 19.8. The van der Waals surface area contributed by atoms with E-state index >= 15 is 0 Å². The molecule has 29 heavy (non-hydrogen) atoms. The van der Waals surface area contributed by atoms with Crippen LogP contribution in [0.4, 0.5) is 4.39 Å². The molecule has 4 aromatic rings. The number of rotatable bonds is 4. The van der Waals surface area contributed by atoms with Crippen molar-refractivity contribution in [3.8, 4) is 22.8 Å². The number of halogens is 2. The van der Waals surface area contributed by atoms with Gasteiger partial charge in [-0.3, -0.25) is 5.01 Å². The van der Waals surface area contributed by atoms with Gasteiger partial charge in [0, 0.05) is 10.6 Å². The lowest BCUT2D eigenvalue weighted by Gasteiger charge is -2.19. The Labute approximate surface area is 169 Å². The summed E-state index contributed by atoms with van der Waals surface area (Å²) in [5, 5.41) is 14.9. The standard InChI is InChI=1S/C20H14ClFN6O/c21-13-7-5-12(6-8-13)20-27-26-18(29-20)11-28-10-17-16(9-23-28)24-19(25-17)14-3-1-2-4-15(14)22/h1-9H,10-11H2,(H,24,25). The molecule has 0 saturated heterocycles. The molecule has 0 amide bonds. The monoisotopic (exact) mass is 408 g/mol. The molecule has 0 fully saturated rings. The van der Waals surface area contributed by atoms with Gasteiger partial charge in [-0.1, -0.05) is 23.7 Å². The van der Waals surface area contributed by atoms with Crippen LogP contribution < -0.4 is 0 Å². The first-order chi connectivity index (χ1) is 14.2. The second-order valence-electron chi connectivity index (χ2n) is 6.50. The van der Waals surface area contributed by atoms with Crippen molar-refractivity contribution < 1.29 is 8.81 Å². The summed E-state index contributed by atoms with van der Waals surface area (Å²) in [5.74, 6) is 0.998. The van der Waals surface area contributed by atoms with Crippen LogP contribution in [0.2, 0.25) is 5.02 Å². The Morgan fingerprint density at radius 2 is 1.93 bits per heavy atom. The Balaban J connectivity index is 1.32. The number of benzene rings is 2. The molecule has 5 rings (SSSR count). The minimum atomic E-state index is -0.326. The predicted octanol–water partition coefficient (Wildman–Crippen LogP) is 4.27. The van der Waals surface area contributed by atoms with Crippen LogP contribution in [0.1, 0.15) is 17.3 Å². The van der Waals surface area contributed by atoms with Crippen molar-refractivity contribution in [2.45, 2.75) is 13.1 Å². The van der Waals surface area contributed by atoms with Gasteiger partial charge in [0.25, 0.3) is 0 Å². The lowest BCUT2D eigenvalue weighted by atomic mass is 10.2. The van der Waals surface area contributed by atoms with Crippen molar-refractivity contribution in [2.24, 2.45) is 5.10 Å². The van der Waals surface area contributed by atoms with E-state index < -0.39 is 0 Å². The molecular weight excluding hydrogens is 395 g/mol. The highest BCUT2D eigenvalue weighted by molar-refractivity contribution is 6.30. The predicted molar refractivity (Wildman–Crippen MR) is 106 cm³/mol. The van der Waals surface area contributed by atoms with Crippen LogP contribution in [0.5, 0.6) is 0 Å². The average Bonchev–Trinajstić information content (AvgIpc) is 3.35. The summed E-state index contributed by atoms with van der Waals surface area (Å²) in [5.41, 5.74) is 2.74. The van der Waals surface area contributed by atoms with Gasteiger partial charge < -0.3 is 9.40 Å². The van der Waals surface area contributed by atoms with Crippen LogP contribution in [-0.2, 0) is 13.1 Å². The molecular formula is C20H14ClFN6O. The molecule has 1 aliphatic rings. The highest BCUT2D eigenvalue weighted by Gasteiger charge is 2.20. The Morgan fingerprint density at radius 1 is 1.10 bits per heavy atom. The van der Waals surface area contributed by atoms with E-state index in [1.165, 1.54) is 6.07 Å². The fourth-order valence-electron chi connectivity index (χ4n) is 3.06. The first kappa shape index (κ1) is 17.6. The van der Waals surface area contributed by atoms with E-state index in [0.717, 1.165) is 17.0 Å². The van der Waals surface area contributed by atoms with Gasteiger partial charge in [-0.05, 0) is 36.4 Å². The molecule has 0 unspecified atom stereocenters. The maximum Gasteiger partial charge on any atom is 0.247 e. The highest BCUT2D eigenvalue weighted by Crippen LogP contribution is 2.25. The van der Waals surface area contributed by atoms with Crippen LogP contribution in [0.15, 0.2) is 58.0 Å². The van der Waals surface area contributed by atoms with Crippen molar-refractivity contribution in [2.75, 3.05) is 0 Å². The van der Waals surface area contributed by atoms with Crippen molar-refractivity contribution in [1.82, 2.24) is 25.2 Å². The van der Waals surface area contributed by atoms with E-state index in [0.29, 0.717) is 41.3 Å². The van der Waals surface area contributed by atoms with Gasteiger partial charge in [0.2, 0.25) is 11.8 Å². The normalized spacial score (nSPS) is 13.0. The van der Waals surface area contributed by atoms with Gasteiger partial charge in [-0.25, -0.2) is 9.37 Å². The molecule has 0 aliphatic carbocycles. The van der Waals surface area contributed by atoms with Crippen LogP contribution in [0, 0.1) is 5.82 Å². The fraction of sp³-hybridized carbons (Fsp3) is 0.100. The van der Waals surface area contributed by atoms with Gasteiger partial charge in [0.05, 0.1) is 29.7 Å². The number of nitrogens with zero attached hydrogens (tertiary/aromatic N) is 5. The fourth-order valence-corrected chi connectivity index (χ4v) is 3.19. The van der Waals surface area contributed by atoms with E-state index in [1.807, 2.05) is 12.1 Å². The molecule has 2 aromatic heterocycles. The second kappa shape index (κ2) is 7.14. The maximum atomic E-state index is 14.0. The number of H-pyrrole nitrogens is 1. The third-order valence-corrected chi connectivity index (χ3v) is 4.75. The van der Waals surface area contributed by atoms with Gasteiger partial charge in [-0.2, -0.15) is 5.10 Å². The van der Waals surface area contributed by atoms with Crippen molar-refractivity contribution in [1.29, 1.82) is 0 Å². The largest absolute Gasteiger partial charge is 0.419 e. The molecule has 0 spiro atoms. The molecule has 0 atom stereocenters. The maximum absolute atomic E-state index is 14.0. The van der Waals surface area contributed by atoms with Gasteiger partial charge in [0.15, 0.2) is 0 Å². The number of aromatic amines is 1. The van der Waals surface area contributed by atoms with E-state index in [2.05, 4.69) is 25.3 Å². The second-order valence-corrected chi connectivity index (χ2v) is 6.94. The molecule has 1 aliphatic heterocycles. The number of imidazole rings is 1.